The summed E-state index contributed by atoms with van der Waals surface area (Å²) in [5.74, 6) is 0.762. The maximum Gasteiger partial charge on any atom is 0.573 e. The predicted molar refractivity (Wildman–Crippen MR) is 139 cm³/mol. The van der Waals surface area contributed by atoms with Crippen LogP contribution in [0.25, 0.3) is 11.4 Å². The van der Waals surface area contributed by atoms with E-state index in [0.717, 1.165) is 31.2 Å². The number of carbonyl (C=O) groups is 1. The molecule has 40 heavy (non-hydrogen) atoms. The smallest absolute Gasteiger partial charge is 0.406 e. The molecule has 0 aromatic carbocycles. The molecule has 1 spiro atoms. The van der Waals surface area contributed by atoms with Gasteiger partial charge in [-0.1, -0.05) is 0 Å². The van der Waals surface area contributed by atoms with Gasteiger partial charge in [-0.25, -0.2) is 28.4 Å². The van der Waals surface area contributed by atoms with Gasteiger partial charge >= 0.3 is 6.36 Å². The van der Waals surface area contributed by atoms with E-state index in [1.165, 1.54) is 24.5 Å². The zero-order valence-corrected chi connectivity index (χ0v) is 22.5. The van der Waals surface area contributed by atoms with Crippen LogP contribution in [-0.2, 0) is 14.6 Å². The van der Waals surface area contributed by atoms with Crippen LogP contribution in [0, 0.1) is 5.41 Å². The molecule has 2 aliphatic heterocycles. The number of nitrogens with one attached hydrogen (secondary N) is 1. The van der Waals surface area contributed by atoms with E-state index < -0.39 is 21.9 Å². The van der Waals surface area contributed by atoms with Gasteiger partial charge in [-0.3, -0.25) is 4.79 Å². The number of piperidine rings is 1. The van der Waals surface area contributed by atoms with E-state index in [4.69, 9.17) is 0 Å². The minimum absolute atomic E-state index is 0.0637. The van der Waals surface area contributed by atoms with E-state index >= 15 is 0 Å². The van der Waals surface area contributed by atoms with Gasteiger partial charge in [0.2, 0.25) is 5.91 Å². The molecule has 3 aromatic heterocycles. The molecule has 212 valence electrons. The number of rotatable bonds is 6. The zero-order valence-electron chi connectivity index (χ0n) is 21.6. The molecular weight excluding hydrogens is 551 g/mol. The number of pyridine rings is 2. The van der Waals surface area contributed by atoms with Gasteiger partial charge in [0, 0.05) is 74.9 Å². The van der Waals surface area contributed by atoms with Crippen molar-refractivity contribution in [2.45, 2.75) is 31.2 Å². The topological polar surface area (TPSA) is 131 Å². The summed E-state index contributed by atoms with van der Waals surface area (Å²) >= 11 is 0. The highest BCUT2D eigenvalue weighted by Gasteiger charge is 2.45. The molecule has 0 unspecified atom stereocenters. The fourth-order valence-corrected chi connectivity index (χ4v) is 5.43. The normalized spacial score (nSPS) is 16.9. The molecule has 2 saturated heterocycles. The number of ether oxygens (including phenoxy) is 1. The van der Waals surface area contributed by atoms with Crippen LogP contribution < -0.4 is 15.0 Å². The molecule has 5 rings (SSSR count). The number of hydrogen-bond acceptors (Lipinski definition) is 10. The van der Waals surface area contributed by atoms with Crippen molar-refractivity contribution in [2.24, 2.45) is 5.41 Å². The number of nitrogens with zero attached hydrogens (tertiary/aromatic N) is 6. The number of likely N-dealkylation sites (tertiary alicyclic amines) is 1. The van der Waals surface area contributed by atoms with E-state index in [9.17, 15) is 26.4 Å². The summed E-state index contributed by atoms with van der Waals surface area (Å²) in [4.78, 5) is 32.8. The van der Waals surface area contributed by atoms with Crippen molar-refractivity contribution in [1.82, 2.24) is 24.8 Å². The third-order valence-corrected chi connectivity index (χ3v) is 7.96. The third-order valence-electron chi connectivity index (χ3n) is 6.95. The Morgan fingerprint density at radius 3 is 2.38 bits per heavy atom. The maximum atomic E-state index is 12.7. The van der Waals surface area contributed by atoms with E-state index in [-0.39, 0.29) is 33.8 Å². The summed E-state index contributed by atoms with van der Waals surface area (Å²) in [5, 5.41) is 2.81. The lowest BCUT2D eigenvalue weighted by molar-refractivity contribution is -0.274. The Bertz CT molecular complexity index is 1520. The Hall–Kier alpha value is -4.01. The van der Waals surface area contributed by atoms with Crippen LogP contribution >= 0.6 is 0 Å². The van der Waals surface area contributed by atoms with Crippen LogP contribution in [0.2, 0.25) is 0 Å². The van der Waals surface area contributed by atoms with Crippen LogP contribution in [0.3, 0.4) is 0 Å². The first kappa shape index (κ1) is 27.6. The number of carbonyl (C=O) groups excluding carboxylic acids is 1. The molecule has 1 amide bonds. The maximum absolute atomic E-state index is 12.7. The first-order chi connectivity index (χ1) is 18.8. The Balaban J connectivity index is 1.42. The second-order valence-corrected chi connectivity index (χ2v) is 12.0. The molecule has 15 heteroatoms. The van der Waals surface area contributed by atoms with Crippen molar-refractivity contribution in [3.8, 4) is 17.1 Å². The van der Waals surface area contributed by atoms with Crippen LogP contribution in [0.15, 0.2) is 47.8 Å². The third kappa shape index (κ3) is 6.24. The van der Waals surface area contributed by atoms with Crippen LogP contribution in [0.5, 0.6) is 5.75 Å². The minimum atomic E-state index is -4.85. The number of alkyl halides is 3. The highest BCUT2D eigenvalue weighted by molar-refractivity contribution is 7.90. The lowest BCUT2D eigenvalue weighted by Crippen LogP contribution is -2.61. The Labute approximate surface area is 228 Å². The SMILES string of the molecule is CC(=O)N1CCC2(CC1)CN(c1cc(Nc3cc(OC(F)(F)F)ccn3)nc(-c3ccc(S(C)(=O)=O)nc3)n1)C2. The molecule has 0 bridgehead atoms. The van der Waals surface area contributed by atoms with E-state index in [0.29, 0.717) is 37.6 Å². The van der Waals surface area contributed by atoms with Crippen molar-refractivity contribution >= 4 is 33.2 Å². The molecule has 2 aliphatic rings. The highest BCUT2D eigenvalue weighted by atomic mass is 32.2. The largest absolute Gasteiger partial charge is 0.573 e. The fourth-order valence-electron chi connectivity index (χ4n) is 4.87. The molecule has 0 radical (unpaired) electrons. The van der Waals surface area contributed by atoms with Gasteiger partial charge in [0.25, 0.3) is 0 Å². The molecule has 1 N–H and O–H groups in total. The molecular formula is C25H26F3N7O4S. The van der Waals surface area contributed by atoms with Gasteiger partial charge in [-0.15, -0.1) is 13.2 Å². The number of sulfone groups is 1. The summed E-state index contributed by atoms with van der Waals surface area (Å²) in [5.41, 5.74) is 0.512. The van der Waals surface area contributed by atoms with E-state index in [1.54, 1.807) is 13.0 Å². The number of hydrogen-bond donors (Lipinski definition) is 1. The lowest BCUT2D eigenvalue weighted by atomic mass is 9.72. The van der Waals surface area contributed by atoms with E-state index in [1.807, 2.05) is 4.90 Å². The summed E-state index contributed by atoms with van der Waals surface area (Å²) in [6.45, 7) is 4.40. The van der Waals surface area contributed by atoms with Crippen molar-refractivity contribution in [3.05, 3.63) is 42.7 Å². The first-order valence-electron chi connectivity index (χ1n) is 12.3. The summed E-state index contributed by atoms with van der Waals surface area (Å²) in [6, 6.07) is 6.74. The molecule has 11 nitrogen and oxygen atoms in total. The number of amides is 1. The summed E-state index contributed by atoms with van der Waals surface area (Å²) in [6.07, 6.45) is 0.473. The van der Waals surface area contributed by atoms with Crippen molar-refractivity contribution in [1.29, 1.82) is 0 Å². The van der Waals surface area contributed by atoms with Gasteiger partial charge in [-0.05, 0) is 31.0 Å². The average molecular weight is 578 g/mol. The van der Waals surface area contributed by atoms with E-state index in [2.05, 4.69) is 34.9 Å². The number of aromatic nitrogens is 4. The quantitative estimate of drug-likeness (QED) is 0.465. The Morgan fingerprint density at radius 2 is 1.77 bits per heavy atom. The predicted octanol–water partition coefficient (Wildman–Crippen LogP) is 3.43. The van der Waals surface area contributed by atoms with Crippen LogP contribution in [0.4, 0.5) is 30.6 Å². The Morgan fingerprint density at radius 1 is 1.05 bits per heavy atom. The van der Waals surface area contributed by atoms with Crippen molar-refractivity contribution in [2.75, 3.05) is 42.7 Å². The Kier molecular flexibility index (Phi) is 7.02. The van der Waals surface area contributed by atoms with Crippen molar-refractivity contribution in [3.63, 3.8) is 0 Å². The molecule has 2 fully saturated rings. The zero-order chi connectivity index (χ0) is 28.7. The van der Waals surface area contributed by atoms with Crippen LogP contribution in [0.1, 0.15) is 19.8 Å². The molecule has 0 saturated carbocycles. The summed E-state index contributed by atoms with van der Waals surface area (Å²) in [7, 11) is -3.51. The van der Waals surface area contributed by atoms with Gasteiger partial charge in [0.15, 0.2) is 20.7 Å². The van der Waals surface area contributed by atoms with Gasteiger partial charge in [0.05, 0.1) is 0 Å². The second kappa shape index (κ2) is 10.2. The van der Waals surface area contributed by atoms with Crippen molar-refractivity contribution < 1.29 is 31.1 Å². The molecule has 0 atom stereocenters. The first-order valence-corrected chi connectivity index (χ1v) is 14.2. The molecule has 3 aromatic rings. The van der Waals surface area contributed by atoms with Crippen LogP contribution in [-0.4, -0.2) is 78.0 Å². The average Bonchev–Trinajstić information content (AvgIpc) is 2.86. The summed E-state index contributed by atoms with van der Waals surface area (Å²) < 4.78 is 65.7. The standard InChI is InChI=1S/C25H26F3N7O4S/c1-16(36)34-9-6-24(7-10-34)14-35(15-24)21-12-20(31-19-11-18(5-8-29-19)39-25(26,27)28)32-23(33-21)17-3-4-22(30-13-17)40(2,37)38/h3-5,8,11-13H,6-7,9-10,14-15H2,1-2H3,(H,29,31,32,33). The molecule has 5 heterocycles. The van der Waals surface area contributed by atoms with Gasteiger partial charge < -0.3 is 19.9 Å². The highest BCUT2D eigenvalue weighted by Crippen LogP contribution is 2.43. The lowest BCUT2D eigenvalue weighted by Gasteiger charge is -2.54. The number of halogens is 3. The van der Waals surface area contributed by atoms with Gasteiger partial charge in [0.1, 0.15) is 23.2 Å². The number of anilines is 3. The van der Waals surface area contributed by atoms with Gasteiger partial charge in [-0.2, -0.15) is 0 Å². The monoisotopic (exact) mass is 577 g/mol. The molecule has 0 aliphatic carbocycles. The fraction of sp³-hybridized carbons (Fsp3) is 0.400. The minimum Gasteiger partial charge on any atom is -0.406 e. The second-order valence-electron chi connectivity index (χ2n) is 10.0.